The standard InChI is InChI=1S/C19H25NO/c1-4-6-15-7-9-16(10-8-15)17-11-12-19(21-3)18(13-17)14-20-5-2/h7-13,20H,4-6,14H2,1-3H3. The second-order valence-corrected chi connectivity index (χ2v) is 5.25. The normalized spacial score (nSPS) is 10.6. The largest absolute Gasteiger partial charge is 0.496 e. The first kappa shape index (κ1) is 15.6. The van der Waals surface area contributed by atoms with Crippen LogP contribution in [0.15, 0.2) is 42.5 Å². The number of ether oxygens (including phenoxy) is 1. The third kappa shape index (κ3) is 4.08. The van der Waals surface area contributed by atoms with E-state index in [1.165, 1.54) is 28.7 Å². The van der Waals surface area contributed by atoms with Crippen LogP contribution >= 0.6 is 0 Å². The van der Waals surface area contributed by atoms with Gasteiger partial charge in [-0.05, 0) is 41.8 Å². The van der Waals surface area contributed by atoms with Gasteiger partial charge in [-0.3, -0.25) is 0 Å². The Bertz CT molecular complexity index is 560. The predicted octanol–water partition coefficient (Wildman–Crippen LogP) is 4.42. The minimum absolute atomic E-state index is 0.835. The molecule has 2 rings (SSSR count). The Labute approximate surface area is 128 Å². The van der Waals surface area contributed by atoms with Gasteiger partial charge in [0, 0.05) is 12.1 Å². The van der Waals surface area contributed by atoms with Gasteiger partial charge in [-0.2, -0.15) is 0 Å². The van der Waals surface area contributed by atoms with Crippen molar-refractivity contribution in [1.82, 2.24) is 5.32 Å². The number of hydrogen-bond donors (Lipinski definition) is 1. The predicted molar refractivity (Wildman–Crippen MR) is 89.8 cm³/mol. The highest BCUT2D eigenvalue weighted by Gasteiger charge is 2.06. The molecule has 0 bridgehead atoms. The Hall–Kier alpha value is -1.80. The summed E-state index contributed by atoms with van der Waals surface area (Å²) in [5.74, 6) is 0.947. The van der Waals surface area contributed by atoms with E-state index in [9.17, 15) is 0 Å². The van der Waals surface area contributed by atoms with E-state index in [0.717, 1.165) is 25.3 Å². The van der Waals surface area contributed by atoms with Crippen molar-refractivity contribution < 1.29 is 4.74 Å². The van der Waals surface area contributed by atoms with Crippen LogP contribution in [0.1, 0.15) is 31.4 Å². The van der Waals surface area contributed by atoms with Gasteiger partial charge in [0.15, 0.2) is 0 Å². The molecule has 0 fully saturated rings. The first-order chi connectivity index (χ1) is 10.3. The fourth-order valence-corrected chi connectivity index (χ4v) is 2.51. The van der Waals surface area contributed by atoms with Crippen LogP contribution in [0, 0.1) is 0 Å². The Morgan fingerprint density at radius 1 is 0.952 bits per heavy atom. The molecule has 2 nitrogen and oxygen atoms in total. The fraction of sp³-hybridized carbons (Fsp3) is 0.368. The van der Waals surface area contributed by atoms with Gasteiger partial charge in [-0.25, -0.2) is 0 Å². The second kappa shape index (κ2) is 7.84. The Kier molecular flexibility index (Phi) is 5.82. The summed E-state index contributed by atoms with van der Waals surface area (Å²) in [5, 5.41) is 3.36. The van der Waals surface area contributed by atoms with E-state index in [-0.39, 0.29) is 0 Å². The van der Waals surface area contributed by atoms with Crippen LogP contribution in [0.5, 0.6) is 5.75 Å². The van der Waals surface area contributed by atoms with Crippen LogP contribution in [0.4, 0.5) is 0 Å². The number of aryl methyl sites for hydroxylation is 1. The van der Waals surface area contributed by atoms with Crippen molar-refractivity contribution in [3.05, 3.63) is 53.6 Å². The molecule has 0 aliphatic rings. The lowest BCUT2D eigenvalue weighted by molar-refractivity contribution is 0.408. The van der Waals surface area contributed by atoms with Gasteiger partial charge in [0.1, 0.15) is 5.75 Å². The average Bonchev–Trinajstić information content (AvgIpc) is 2.53. The minimum Gasteiger partial charge on any atom is -0.496 e. The highest BCUT2D eigenvalue weighted by atomic mass is 16.5. The van der Waals surface area contributed by atoms with E-state index < -0.39 is 0 Å². The summed E-state index contributed by atoms with van der Waals surface area (Å²) < 4.78 is 5.44. The molecule has 0 aromatic heterocycles. The maximum Gasteiger partial charge on any atom is 0.123 e. The number of methoxy groups -OCH3 is 1. The maximum atomic E-state index is 5.44. The molecule has 2 aromatic carbocycles. The van der Waals surface area contributed by atoms with Gasteiger partial charge in [0.2, 0.25) is 0 Å². The van der Waals surface area contributed by atoms with Crippen molar-refractivity contribution in [3.8, 4) is 16.9 Å². The number of rotatable bonds is 7. The molecule has 0 saturated carbocycles. The molecular weight excluding hydrogens is 258 g/mol. The smallest absolute Gasteiger partial charge is 0.123 e. The van der Waals surface area contributed by atoms with E-state index in [4.69, 9.17) is 4.74 Å². The van der Waals surface area contributed by atoms with Crippen molar-refractivity contribution in [2.24, 2.45) is 0 Å². The van der Waals surface area contributed by atoms with Gasteiger partial charge in [-0.15, -0.1) is 0 Å². The van der Waals surface area contributed by atoms with Crippen LogP contribution in [0.25, 0.3) is 11.1 Å². The average molecular weight is 283 g/mol. The van der Waals surface area contributed by atoms with Gasteiger partial charge in [0.25, 0.3) is 0 Å². The molecular formula is C19H25NO. The SMILES string of the molecule is CCCc1ccc(-c2ccc(OC)c(CNCC)c2)cc1. The molecule has 0 aliphatic heterocycles. The summed E-state index contributed by atoms with van der Waals surface area (Å²) in [7, 11) is 1.73. The van der Waals surface area contributed by atoms with Crippen molar-refractivity contribution >= 4 is 0 Å². The molecule has 0 unspecified atom stereocenters. The van der Waals surface area contributed by atoms with E-state index in [0.29, 0.717) is 0 Å². The zero-order chi connectivity index (χ0) is 15.1. The molecule has 2 heteroatoms. The summed E-state index contributed by atoms with van der Waals surface area (Å²) in [6, 6.07) is 15.3. The van der Waals surface area contributed by atoms with E-state index in [1.807, 2.05) is 0 Å². The summed E-state index contributed by atoms with van der Waals surface area (Å²) in [6.45, 7) is 6.12. The van der Waals surface area contributed by atoms with Crippen molar-refractivity contribution in [2.75, 3.05) is 13.7 Å². The molecule has 0 spiro atoms. The Balaban J connectivity index is 2.26. The van der Waals surface area contributed by atoms with Gasteiger partial charge in [-0.1, -0.05) is 50.6 Å². The van der Waals surface area contributed by atoms with Crippen LogP contribution in [0.2, 0.25) is 0 Å². The lowest BCUT2D eigenvalue weighted by Gasteiger charge is -2.12. The molecule has 0 heterocycles. The summed E-state index contributed by atoms with van der Waals surface area (Å²) in [6.07, 6.45) is 2.34. The highest BCUT2D eigenvalue weighted by Crippen LogP contribution is 2.27. The van der Waals surface area contributed by atoms with Crippen LogP contribution in [-0.4, -0.2) is 13.7 Å². The fourth-order valence-electron chi connectivity index (χ4n) is 2.51. The lowest BCUT2D eigenvalue weighted by Crippen LogP contribution is -2.12. The first-order valence-corrected chi connectivity index (χ1v) is 7.75. The van der Waals surface area contributed by atoms with Gasteiger partial charge >= 0.3 is 0 Å². The third-order valence-electron chi connectivity index (χ3n) is 3.67. The molecule has 0 radical (unpaired) electrons. The van der Waals surface area contributed by atoms with Gasteiger partial charge < -0.3 is 10.1 Å². The van der Waals surface area contributed by atoms with E-state index in [1.54, 1.807) is 7.11 Å². The monoisotopic (exact) mass is 283 g/mol. The van der Waals surface area contributed by atoms with Crippen LogP contribution in [-0.2, 0) is 13.0 Å². The maximum absolute atomic E-state index is 5.44. The number of hydrogen-bond acceptors (Lipinski definition) is 2. The van der Waals surface area contributed by atoms with Crippen LogP contribution < -0.4 is 10.1 Å². The van der Waals surface area contributed by atoms with Crippen LogP contribution in [0.3, 0.4) is 0 Å². The highest BCUT2D eigenvalue weighted by molar-refractivity contribution is 5.66. The summed E-state index contributed by atoms with van der Waals surface area (Å²) >= 11 is 0. The van der Waals surface area contributed by atoms with E-state index >= 15 is 0 Å². The molecule has 21 heavy (non-hydrogen) atoms. The molecule has 0 atom stereocenters. The molecule has 0 aliphatic carbocycles. The molecule has 0 amide bonds. The van der Waals surface area contributed by atoms with E-state index in [2.05, 4.69) is 61.6 Å². The summed E-state index contributed by atoms with van der Waals surface area (Å²) in [5.41, 5.74) is 5.11. The quantitative estimate of drug-likeness (QED) is 0.812. The number of nitrogens with one attached hydrogen (secondary N) is 1. The van der Waals surface area contributed by atoms with Gasteiger partial charge in [0.05, 0.1) is 7.11 Å². The second-order valence-electron chi connectivity index (χ2n) is 5.25. The molecule has 1 N–H and O–H groups in total. The Morgan fingerprint density at radius 3 is 2.29 bits per heavy atom. The summed E-state index contributed by atoms with van der Waals surface area (Å²) in [4.78, 5) is 0. The molecule has 2 aromatic rings. The van der Waals surface area contributed by atoms with Crippen molar-refractivity contribution in [3.63, 3.8) is 0 Å². The topological polar surface area (TPSA) is 21.3 Å². The zero-order valence-electron chi connectivity index (χ0n) is 13.3. The molecule has 112 valence electrons. The lowest BCUT2D eigenvalue weighted by atomic mass is 10.00. The third-order valence-corrected chi connectivity index (χ3v) is 3.67. The molecule has 0 saturated heterocycles. The Morgan fingerprint density at radius 2 is 1.67 bits per heavy atom. The number of benzene rings is 2. The zero-order valence-corrected chi connectivity index (χ0v) is 13.3. The minimum atomic E-state index is 0.835. The van der Waals surface area contributed by atoms with Crippen molar-refractivity contribution in [2.45, 2.75) is 33.2 Å². The first-order valence-electron chi connectivity index (χ1n) is 7.75. The van der Waals surface area contributed by atoms with Crippen molar-refractivity contribution in [1.29, 1.82) is 0 Å².